The molecule has 8 nitrogen and oxygen atoms in total. The lowest BCUT2D eigenvalue weighted by atomic mass is 9.80. The van der Waals surface area contributed by atoms with E-state index in [4.69, 9.17) is 14.2 Å². The van der Waals surface area contributed by atoms with Crippen molar-refractivity contribution in [2.75, 3.05) is 27.2 Å². The van der Waals surface area contributed by atoms with Gasteiger partial charge >= 0.3 is 0 Å². The summed E-state index contributed by atoms with van der Waals surface area (Å²) >= 11 is 0. The Bertz CT molecular complexity index is 1860. The number of amides is 2. The van der Waals surface area contributed by atoms with Crippen LogP contribution < -0.4 is 10.6 Å². The van der Waals surface area contributed by atoms with E-state index in [0.717, 1.165) is 62.6 Å². The summed E-state index contributed by atoms with van der Waals surface area (Å²) in [6.45, 7) is 6.74. The van der Waals surface area contributed by atoms with Crippen molar-refractivity contribution < 1.29 is 23.8 Å². The number of carbonyl (C=O) groups is 2. The molecule has 1 heterocycles. The first-order valence-corrected chi connectivity index (χ1v) is 21.6. The average Bonchev–Trinajstić information content (AvgIpc) is 3.24. The molecule has 2 fully saturated rings. The molecule has 1 aliphatic carbocycles. The van der Waals surface area contributed by atoms with Gasteiger partial charge < -0.3 is 29.7 Å². The molecule has 1 saturated carbocycles. The van der Waals surface area contributed by atoms with Crippen LogP contribution in [0.3, 0.4) is 0 Å². The Morgan fingerprint density at radius 2 is 1.47 bits per heavy atom. The van der Waals surface area contributed by atoms with E-state index >= 15 is 0 Å². The number of nitrogens with zero attached hydrogens (tertiary/aromatic N) is 1. The summed E-state index contributed by atoms with van der Waals surface area (Å²) in [5.41, 5.74) is 7.67. The Kier molecular flexibility index (Phi) is 16.1. The van der Waals surface area contributed by atoms with Crippen LogP contribution in [0.4, 0.5) is 0 Å². The van der Waals surface area contributed by atoms with Gasteiger partial charge in [0.2, 0.25) is 11.8 Å². The Morgan fingerprint density at radius 3 is 2.12 bits per heavy atom. The second-order valence-corrected chi connectivity index (χ2v) is 16.7. The first kappa shape index (κ1) is 43.2. The molecule has 2 amide bonds. The average molecular weight is 788 g/mol. The topological polar surface area (TPSA) is 89.1 Å². The maximum atomic E-state index is 13.2. The van der Waals surface area contributed by atoms with E-state index in [1.54, 1.807) is 0 Å². The van der Waals surface area contributed by atoms with Crippen LogP contribution in [0.5, 0.6) is 0 Å². The van der Waals surface area contributed by atoms with E-state index in [2.05, 4.69) is 103 Å². The van der Waals surface area contributed by atoms with E-state index < -0.39 is 5.54 Å². The largest absolute Gasteiger partial charge is 0.371 e. The number of ether oxygens (including phenoxy) is 3. The number of rotatable bonds is 19. The molecule has 0 spiro atoms. The Labute approximate surface area is 347 Å². The van der Waals surface area contributed by atoms with E-state index in [1.165, 1.54) is 27.8 Å². The van der Waals surface area contributed by atoms with Crippen molar-refractivity contribution in [2.45, 2.75) is 128 Å². The SMILES string of the molecule is CCC1OC(c2ccc(C)c(Cc3ccc(CCCC(=O)NC4(C(=O)NCCN(C)C)CCCCC4)cc3)c2)CC(OCc2ccccc2)[C@@H]1OCc1ccccc1. The van der Waals surface area contributed by atoms with Gasteiger partial charge in [-0.15, -0.1) is 0 Å². The van der Waals surface area contributed by atoms with Crippen molar-refractivity contribution in [3.63, 3.8) is 0 Å². The molecule has 8 heteroatoms. The zero-order valence-electron chi connectivity index (χ0n) is 35.2. The van der Waals surface area contributed by atoms with Gasteiger partial charge in [-0.3, -0.25) is 9.59 Å². The van der Waals surface area contributed by atoms with Crippen LogP contribution in [0.15, 0.2) is 103 Å². The fourth-order valence-electron chi connectivity index (χ4n) is 8.43. The van der Waals surface area contributed by atoms with Gasteiger partial charge in [-0.25, -0.2) is 0 Å². The quantitative estimate of drug-likeness (QED) is 0.0988. The highest BCUT2D eigenvalue weighted by atomic mass is 16.6. The summed E-state index contributed by atoms with van der Waals surface area (Å²) in [5, 5.41) is 6.25. The van der Waals surface area contributed by atoms with Gasteiger partial charge in [0.25, 0.3) is 0 Å². The highest BCUT2D eigenvalue weighted by Gasteiger charge is 2.41. The van der Waals surface area contributed by atoms with Crippen molar-refractivity contribution in [1.29, 1.82) is 0 Å². The summed E-state index contributed by atoms with van der Waals surface area (Å²) in [6.07, 6.45) is 8.24. The molecule has 310 valence electrons. The molecule has 0 bridgehead atoms. The third-order valence-corrected chi connectivity index (χ3v) is 11.9. The van der Waals surface area contributed by atoms with Gasteiger partial charge in [0.15, 0.2) is 0 Å². The summed E-state index contributed by atoms with van der Waals surface area (Å²) in [7, 11) is 3.98. The second-order valence-electron chi connectivity index (χ2n) is 16.7. The molecule has 4 aromatic carbocycles. The molecule has 1 aliphatic heterocycles. The fraction of sp³-hybridized carbons (Fsp3) is 0.480. The van der Waals surface area contributed by atoms with Gasteiger partial charge in [0.05, 0.1) is 31.5 Å². The van der Waals surface area contributed by atoms with Crippen molar-refractivity contribution >= 4 is 11.8 Å². The van der Waals surface area contributed by atoms with Crippen LogP contribution in [0.2, 0.25) is 0 Å². The van der Waals surface area contributed by atoms with E-state index in [-0.39, 0.29) is 36.2 Å². The van der Waals surface area contributed by atoms with Crippen LogP contribution in [0, 0.1) is 6.92 Å². The number of nitrogens with one attached hydrogen (secondary N) is 2. The van der Waals surface area contributed by atoms with Crippen LogP contribution in [-0.4, -0.2) is 67.7 Å². The van der Waals surface area contributed by atoms with Gasteiger partial charge in [-0.2, -0.15) is 0 Å². The van der Waals surface area contributed by atoms with Gasteiger partial charge in [-0.1, -0.05) is 129 Å². The minimum absolute atomic E-state index is 0.0341. The molecule has 6 rings (SSSR count). The third kappa shape index (κ3) is 12.3. The standard InChI is InChI=1S/C50H65N3O5/c1-5-44-48(57-36-41-18-11-7-12-19-41)46(56-35-40-16-9-6-10-17-40)34-45(58-44)42-27-22-37(2)43(33-42)32-39-25-23-38(24-26-39)20-15-21-47(54)52-50(28-13-8-14-29-50)49(55)51-30-31-53(3)4/h6-7,9-12,16-19,22-27,33,44-46,48H,5,8,13-15,20-21,28-32,34-36H2,1-4H3,(H,51,55)(H,52,54)/t44?,45?,46?,48-/m1/s1. The molecule has 58 heavy (non-hydrogen) atoms. The maximum absolute atomic E-state index is 13.2. The molecule has 2 N–H and O–H groups in total. The van der Waals surface area contributed by atoms with Crippen molar-refractivity contribution in [3.05, 3.63) is 142 Å². The van der Waals surface area contributed by atoms with Crippen LogP contribution in [-0.2, 0) is 49.9 Å². The minimum Gasteiger partial charge on any atom is -0.371 e. The minimum atomic E-state index is -0.781. The fourth-order valence-corrected chi connectivity index (χ4v) is 8.43. The Hall–Kier alpha value is -4.34. The van der Waals surface area contributed by atoms with Gasteiger partial charge in [-0.05, 0) is 98.5 Å². The lowest BCUT2D eigenvalue weighted by molar-refractivity contribution is -0.210. The number of benzene rings is 4. The molecular formula is C50H65N3O5. The smallest absolute Gasteiger partial charge is 0.245 e. The van der Waals surface area contributed by atoms with Crippen LogP contribution in [0.1, 0.15) is 110 Å². The van der Waals surface area contributed by atoms with Crippen molar-refractivity contribution in [2.24, 2.45) is 0 Å². The van der Waals surface area contributed by atoms with Gasteiger partial charge in [0.1, 0.15) is 11.6 Å². The lowest BCUT2D eigenvalue weighted by Gasteiger charge is -2.42. The molecular weight excluding hydrogens is 723 g/mol. The number of hydrogen-bond donors (Lipinski definition) is 2. The summed E-state index contributed by atoms with van der Waals surface area (Å²) < 4.78 is 20.1. The molecule has 4 aromatic rings. The molecule has 2 aliphatic rings. The highest BCUT2D eigenvalue weighted by molar-refractivity contribution is 5.91. The predicted octanol–water partition coefficient (Wildman–Crippen LogP) is 8.82. The zero-order valence-corrected chi connectivity index (χ0v) is 35.2. The molecule has 4 atom stereocenters. The van der Waals surface area contributed by atoms with E-state index in [9.17, 15) is 9.59 Å². The number of likely N-dealkylation sites (N-methyl/N-ethyl adjacent to an activating group) is 1. The number of carbonyl (C=O) groups excluding carboxylic acids is 2. The second kappa shape index (κ2) is 21.6. The van der Waals surface area contributed by atoms with Crippen LogP contribution in [0.25, 0.3) is 0 Å². The first-order chi connectivity index (χ1) is 28.2. The summed E-state index contributed by atoms with van der Waals surface area (Å²) in [4.78, 5) is 28.4. The molecule has 3 unspecified atom stereocenters. The summed E-state index contributed by atoms with van der Waals surface area (Å²) in [5.74, 6) is -0.0712. The predicted molar refractivity (Wildman–Crippen MR) is 231 cm³/mol. The van der Waals surface area contributed by atoms with E-state index in [0.29, 0.717) is 45.4 Å². The Morgan fingerprint density at radius 1 is 0.810 bits per heavy atom. The first-order valence-electron chi connectivity index (χ1n) is 21.6. The van der Waals surface area contributed by atoms with Crippen molar-refractivity contribution in [3.8, 4) is 0 Å². The van der Waals surface area contributed by atoms with Crippen LogP contribution >= 0.6 is 0 Å². The highest BCUT2D eigenvalue weighted by Crippen LogP contribution is 2.37. The monoisotopic (exact) mass is 787 g/mol. The van der Waals surface area contributed by atoms with Crippen molar-refractivity contribution in [1.82, 2.24) is 15.5 Å². The molecule has 0 radical (unpaired) electrons. The van der Waals surface area contributed by atoms with E-state index in [1.807, 2.05) is 43.3 Å². The molecule has 0 aromatic heterocycles. The van der Waals surface area contributed by atoms with Gasteiger partial charge in [0, 0.05) is 25.9 Å². The Balaban J connectivity index is 1.05. The number of hydrogen-bond acceptors (Lipinski definition) is 6. The normalized spacial score (nSPS) is 20.4. The molecule has 1 saturated heterocycles. The zero-order chi connectivity index (χ0) is 40.7. The summed E-state index contributed by atoms with van der Waals surface area (Å²) in [6, 6.07) is 36.2. The third-order valence-electron chi connectivity index (χ3n) is 11.9. The number of aryl methyl sites for hydroxylation is 2. The maximum Gasteiger partial charge on any atom is 0.245 e. The lowest BCUT2D eigenvalue weighted by Crippen LogP contribution is -2.60.